The Kier molecular flexibility index (Phi) is 5.49. The Morgan fingerprint density at radius 3 is 2.82 bits per heavy atom. The van der Waals surface area contributed by atoms with Gasteiger partial charge in [0, 0.05) is 6.42 Å². The average molecular weight is 304 g/mol. The molecule has 0 radical (unpaired) electrons. The molecule has 5 nitrogen and oxygen atoms in total. The van der Waals surface area contributed by atoms with Crippen molar-refractivity contribution in [3.8, 4) is 0 Å². The molecule has 1 aliphatic carbocycles. The summed E-state index contributed by atoms with van der Waals surface area (Å²) in [6, 6.07) is 7.65. The SMILES string of the molecule is C=C(C)C(CC(O)COC(=O)C1=CCc2ccccc21)OO. The number of hydrogen-bond donors (Lipinski definition) is 2. The van der Waals surface area contributed by atoms with Crippen LogP contribution in [0.5, 0.6) is 0 Å². The van der Waals surface area contributed by atoms with Crippen LogP contribution in [0.25, 0.3) is 5.57 Å². The molecule has 118 valence electrons. The molecule has 1 aromatic rings. The van der Waals surface area contributed by atoms with Gasteiger partial charge in [-0.05, 0) is 30.0 Å². The van der Waals surface area contributed by atoms with E-state index in [1.807, 2.05) is 30.3 Å². The van der Waals surface area contributed by atoms with Gasteiger partial charge in [0.05, 0.1) is 11.7 Å². The van der Waals surface area contributed by atoms with E-state index in [1.165, 1.54) is 0 Å². The predicted octanol–water partition coefficient (Wildman–Crippen LogP) is 2.35. The molecule has 2 atom stereocenters. The van der Waals surface area contributed by atoms with Crippen LogP contribution in [0.2, 0.25) is 0 Å². The minimum absolute atomic E-state index is 0.106. The molecule has 1 aromatic carbocycles. The van der Waals surface area contributed by atoms with E-state index in [0.29, 0.717) is 17.6 Å². The van der Waals surface area contributed by atoms with Crippen molar-refractivity contribution in [1.29, 1.82) is 0 Å². The van der Waals surface area contributed by atoms with Crippen LogP contribution in [-0.4, -0.2) is 35.1 Å². The summed E-state index contributed by atoms with van der Waals surface area (Å²) in [5.41, 5.74) is 3.07. The van der Waals surface area contributed by atoms with Gasteiger partial charge in [-0.1, -0.05) is 36.9 Å². The molecule has 0 aromatic heterocycles. The van der Waals surface area contributed by atoms with Gasteiger partial charge in [0.15, 0.2) is 0 Å². The number of carbonyl (C=O) groups is 1. The van der Waals surface area contributed by atoms with Gasteiger partial charge in [-0.15, -0.1) is 0 Å². The van der Waals surface area contributed by atoms with Crippen molar-refractivity contribution in [2.24, 2.45) is 0 Å². The molecule has 5 heteroatoms. The standard InChI is InChI=1S/C17H20O5/c1-11(2)16(22-20)9-13(18)10-21-17(19)15-8-7-12-5-3-4-6-14(12)15/h3-6,8,13,16,18,20H,1,7,9-10H2,2H3. The zero-order chi connectivity index (χ0) is 16.1. The summed E-state index contributed by atoms with van der Waals surface area (Å²) in [6.07, 6.45) is 1.02. The minimum Gasteiger partial charge on any atom is -0.459 e. The fourth-order valence-electron chi connectivity index (χ4n) is 2.38. The number of allylic oxidation sites excluding steroid dienone is 1. The molecule has 0 amide bonds. The Balaban J connectivity index is 1.87. The first-order chi connectivity index (χ1) is 10.5. The van der Waals surface area contributed by atoms with Gasteiger partial charge < -0.3 is 9.84 Å². The predicted molar refractivity (Wildman–Crippen MR) is 82.0 cm³/mol. The molecule has 0 saturated heterocycles. The molecule has 0 spiro atoms. The fraction of sp³-hybridized carbons (Fsp3) is 0.353. The molecular weight excluding hydrogens is 284 g/mol. The van der Waals surface area contributed by atoms with E-state index in [1.54, 1.807) is 6.92 Å². The third kappa shape index (κ3) is 3.82. The molecule has 0 fully saturated rings. The van der Waals surface area contributed by atoms with Gasteiger partial charge in [-0.3, -0.25) is 5.26 Å². The summed E-state index contributed by atoms with van der Waals surface area (Å²) < 4.78 is 5.15. The molecule has 0 heterocycles. The number of aliphatic hydroxyl groups excluding tert-OH is 1. The third-order valence-electron chi connectivity index (χ3n) is 3.62. The summed E-state index contributed by atoms with van der Waals surface area (Å²) >= 11 is 0. The van der Waals surface area contributed by atoms with Crippen LogP contribution >= 0.6 is 0 Å². The van der Waals surface area contributed by atoms with Crippen LogP contribution in [0.4, 0.5) is 0 Å². The van der Waals surface area contributed by atoms with Crippen molar-refractivity contribution in [1.82, 2.24) is 0 Å². The highest BCUT2D eigenvalue weighted by molar-refractivity contribution is 6.18. The second kappa shape index (κ2) is 7.35. The van der Waals surface area contributed by atoms with Gasteiger partial charge in [-0.25, -0.2) is 9.68 Å². The maximum atomic E-state index is 12.1. The van der Waals surface area contributed by atoms with Crippen LogP contribution in [0, 0.1) is 0 Å². The highest BCUT2D eigenvalue weighted by Crippen LogP contribution is 2.28. The Labute approximate surface area is 129 Å². The summed E-state index contributed by atoms with van der Waals surface area (Å²) in [7, 11) is 0. The Bertz CT molecular complexity index is 590. The Morgan fingerprint density at radius 1 is 1.41 bits per heavy atom. The lowest BCUT2D eigenvalue weighted by Gasteiger charge is -2.17. The molecule has 2 unspecified atom stereocenters. The Morgan fingerprint density at radius 2 is 2.14 bits per heavy atom. The summed E-state index contributed by atoms with van der Waals surface area (Å²) in [5.74, 6) is -0.458. The molecule has 0 saturated carbocycles. The van der Waals surface area contributed by atoms with Gasteiger partial charge in [0.1, 0.15) is 12.7 Å². The van der Waals surface area contributed by atoms with E-state index in [9.17, 15) is 9.90 Å². The third-order valence-corrected chi connectivity index (χ3v) is 3.62. The zero-order valence-corrected chi connectivity index (χ0v) is 12.5. The maximum absolute atomic E-state index is 12.1. The normalized spacial score (nSPS) is 15.7. The Hall–Kier alpha value is -1.95. The first-order valence-corrected chi connectivity index (χ1v) is 7.12. The second-order valence-electron chi connectivity index (χ2n) is 5.41. The number of benzene rings is 1. The number of fused-ring (bicyclic) bond motifs is 1. The second-order valence-corrected chi connectivity index (χ2v) is 5.41. The summed E-state index contributed by atoms with van der Waals surface area (Å²) in [6.45, 7) is 5.17. The number of hydrogen-bond acceptors (Lipinski definition) is 5. The van der Waals surface area contributed by atoms with E-state index in [4.69, 9.17) is 9.99 Å². The number of aliphatic hydroxyl groups is 1. The van der Waals surface area contributed by atoms with Crippen molar-refractivity contribution < 1.29 is 24.8 Å². The van der Waals surface area contributed by atoms with Gasteiger partial charge in [-0.2, -0.15) is 0 Å². The van der Waals surface area contributed by atoms with Crippen LogP contribution in [0.1, 0.15) is 24.5 Å². The first-order valence-electron chi connectivity index (χ1n) is 7.12. The van der Waals surface area contributed by atoms with Crippen LogP contribution < -0.4 is 0 Å². The topological polar surface area (TPSA) is 76.0 Å². The monoisotopic (exact) mass is 304 g/mol. The number of esters is 1. The minimum atomic E-state index is -0.935. The molecule has 22 heavy (non-hydrogen) atoms. The highest BCUT2D eigenvalue weighted by atomic mass is 17.1. The lowest BCUT2D eigenvalue weighted by atomic mass is 10.1. The maximum Gasteiger partial charge on any atom is 0.338 e. The average Bonchev–Trinajstić information content (AvgIpc) is 2.94. The molecule has 2 N–H and O–H groups in total. The quantitative estimate of drug-likeness (QED) is 0.350. The number of ether oxygens (including phenoxy) is 1. The van der Waals surface area contributed by atoms with E-state index in [0.717, 1.165) is 11.1 Å². The molecular formula is C17H20O5. The summed E-state index contributed by atoms with van der Waals surface area (Å²) in [4.78, 5) is 16.3. The molecule has 1 aliphatic rings. The largest absolute Gasteiger partial charge is 0.459 e. The molecule has 2 rings (SSSR count). The van der Waals surface area contributed by atoms with Crippen molar-refractivity contribution in [2.75, 3.05) is 6.61 Å². The van der Waals surface area contributed by atoms with Crippen molar-refractivity contribution in [3.63, 3.8) is 0 Å². The molecule has 0 bridgehead atoms. The summed E-state index contributed by atoms with van der Waals surface area (Å²) in [5, 5.41) is 18.6. The first kappa shape index (κ1) is 16.4. The highest BCUT2D eigenvalue weighted by Gasteiger charge is 2.23. The lowest BCUT2D eigenvalue weighted by molar-refractivity contribution is -0.273. The van der Waals surface area contributed by atoms with Crippen LogP contribution in [0.15, 0.2) is 42.5 Å². The lowest BCUT2D eigenvalue weighted by Crippen LogP contribution is -2.26. The van der Waals surface area contributed by atoms with E-state index in [2.05, 4.69) is 11.5 Å². The van der Waals surface area contributed by atoms with E-state index >= 15 is 0 Å². The smallest absolute Gasteiger partial charge is 0.338 e. The zero-order valence-electron chi connectivity index (χ0n) is 12.5. The van der Waals surface area contributed by atoms with Gasteiger partial charge >= 0.3 is 5.97 Å². The van der Waals surface area contributed by atoms with Crippen molar-refractivity contribution in [3.05, 3.63) is 53.6 Å². The van der Waals surface area contributed by atoms with Gasteiger partial charge in [0.25, 0.3) is 0 Å². The fourth-order valence-corrected chi connectivity index (χ4v) is 2.38. The van der Waals surface area contributed by atoms with Crippen LogP contribution in [-0.2, 0) is 20.8 Å². The number of rotatable bonds is 7. The van der Waals surface area contributed by atoms with Gasteiger partial charge in [0.2, 0.25) is 0 Å². The van der Waals surface area contributed by atoms with Crippen molar-refractivity contribution in [2.45, 2.75) is 32.0 Å². The van der Waals surface area contributed by atoms with E-state index < -0.39 is 18.2 Å². The molecule has 0 aliphatic heterocycles. The van der Waals surface area contributed by atoms with E-state index in [-0.39, 0.29) is 13.0 Å². The van der Waals surface area contributed by atoms with Crippen molar-refractivity contribution >= 4 is 11.5 Å². The van der Waals surface area contributed by atoms with Crippen LogP contribution in [0.3, 0.4) is 0 Å². The number of carbonyl (C=O) groups excluding carboxylic acids is 1.